The van der Waals surface area contributed by atoms with Crippen LogP contribution in [0.4, 0.5) is 15.8 Å². The number of hydrogen-bond donors (Lipinski definition) is 3. The number of nitrogens with one attached hydrogen (secondary N) is 1. The maximum atomic E-state index is 13.5. The molecule has 0 unspecified atom stereocenters. The monoisotopic (exact) mass is 288 g/mol. The van der Waals surface area contributed by atoms with E-state index in [0.717, 1.165) is 0 Å². The number of benzene rings is 2. The lowest BCUT2D eigenvalue weighted by molar-refractivity contribution is -0.115. The van der Waals surface area contributed by atoms with Gasteiger partial charge >= 0.3 is 5.97 Å². The number of carboxylic acids is 1. The van der Waals surface area contributed by atoms with Gasteiger partial charge < -0.3 is 16.2 Å². The van der Waals surface area contributed by atoms with Gasteiger partial charge in [-0.3, -0.25) is 4.79 Å². The van der Waals surface area contributed by atoms with Crippen LogP contribution in [0.5, 0.6) is 0 Å². The summed E-state index contributed by atoms with van der Waals surface area (Å²) in [7, 11) is 0. The van der Waals surface area contributed by atoms with Gasteiger partial charge in [0.1, 0.15) is 5.82 Å². The predicted molar refractivity (Wildman–Crippen MR) is 76.5 cm³/mol. The molecule has 0 spiro atoms. The molecule has 2 aromatic carbocycles. The van der Waals surface area contributed by atoms with Gasteiger partial charge in [-0.2, -0.15) is 0 Å². The Morgan fingerprint density at radius 2 is 1.90 bits per heavy atom. The normalized spacial score (nSPS) is 10.1. The van der Waals surface area contributed by atoms with Crippen LogP contribution in [-0.4, -0.2) is 17.0 Å². The van der Waals surface area contributed by atoms with Gasteiger partial charge in [-0.25, -0.2) is 9.18 Å². The minimum absolute atomic E-state index is 0.114. The van der Waals surface area contributed by atoms with Gasteiger partial charge in [0.25, 0.3) is 0 Å². The number of nitrogen functional groups attached to an aromatic ring is 1. The van der Waals surface area contributed by atoms with Crippen molar-refractivity contribution in [1.29, 1.82) is 0 Å². The van der Waals surface area contributed by atoms with Crippen molar-refractivity contribution < 1.29 is 19.1 Å². The fourth-order valence-corrected chi connectivity index (χ4v) is 1.86. The lowest BCUT2D eigenvalue weighted by atomic mass is 10.1. The topological polar surface area (TPSA) is 92.4 Å². The second-order valence-electron chi connectivity index (χ2n) is 4.43. The molecule has 2 rings (SSSR count). The number of halogens is 1. The molecule has 0 aliphatic carbocycles. The number of carbonyl (C=O) groups excluding carboxylic acids is 1. The van der Waals surface area contributed by atoms with Crippen LogP contribution in [0.1, 0.15) is 15.9 Å². The molecule has 0 saturated heterocycles. The Labute approximate surface area is 120 Å². The fraction of sp³-hybridized carbons (Fsp3) is 0.0667. The predicted octanol–water partition coefficient (Wildman–Crippen LogP) is 2.29. The number of carboxylic acid groups (broad SMARTS) is 1. The molecule has 0 saturated carbocycles. The average Bonchev–Trinajstić information content (AvgIpc) is 2.43. The van der Waals surface area contributed by atoms with Crippen molar-refractivity contribution in [3.05, 3.63) is 59.4 Å². The van der Waals surface area contributed by atoms with Gasteiger partial charge in [-0.05, 0) is 29.8 Å². The van der Waals surface area contributed by atoms with E-state index in [4.69, 9.17) is 10.8 Å². The first-order valence-corrected chi connectivity index (χ1v) is 6.13. The van der Waals surface area contributed by atoms with E-state index < -0.39 is 17.7 Å². The first-order valence-electron chi connectivity index (χ1n) is 6.13. The third-order valence-electron chi connectivity index (χ3n) is 2.86. The van der Waals surface area contributed by atoms with Crippen LogP contribution in [-0.2, 0) is 11.2 Å². The first-order chi connectivity index (χ1) is 9.97. The van der Waals surface area contributed by atoms with Gasteiger partial charge in [0.05, 0.1) is 17.7 Å². The Kier molecular flexibility index (Phi) is 4.18. The fourth-order valence-electron chi connectivity index (χ4n) is 1.86. The van der Waals surface area contributed by atoms with E-state index in [9.17, 15) is 14.0 Å². The van der Waals surface area contributed by atoms with Crippen molar-refractivity contribution in [2.24, 2.45) is 0 Å². The zero-order valence-electron chi connectivity index (χ0n) is 11.0. The lowest BCUT2D eigenvalue weighted by Crippen LogP contribution is -2.17. The Hall–Kier alpha value is -2.89. The minimum Gasteiger partial charge on any atom is -0.478 e. The van der Waals surface area contributed by atoms with E-state index in [2.05, 4.69) is 5.32 Å². The number of amides is 1. The Balaban J connectivity index is 2.17. The van der Waals surface area contributed by atoms with Crippen molar-refractivity contribution in [2.45, 2.75) is 6.42 Å². The largest absolute Gasteiger partial charge is 0.478 e. The van der Waals surface area contributed by atoms with Gasteiger partial charge in [-0.15, -0.1) is 0 Å². The standard InChI is InChI=1S/C15H13FN2O3/c16-12-4-2-1-3-9(12)7-14(19)18-13-6-5-10(17)8-11(13)15(20)21/h1-6,8H,7,17H2,(H,18,19)(H,20,21). The zero-order chi connectivity index (χ0) is 15.4. The van der Waals surface area contributed by atoms with E-state index in [0.29, 0.717) is 0 Å². The smallest absolute Gasteiger partial charge is 0.337 e. The molecule has 0 heterocycles. The van der Waals surface area contributed by atoms with Crippen molar-refractivity contribution in [3.63, 3.8) is 0 Å². The van der Waals surface area contributed by atoms with Crippen molar-refractivity contribution in [3.8, 4) is 0 Å². The molecule has 5 nitrogen and oxygen atoms in total. The highest BCUT2D eigenvalue weighted by molar-refractivity contribution is 6.01. The molecular formula is C15H13FN2O3. The van der Waals surface area contributed by atoms with Gasteiger partial charge in [0, 0.05) is 5.69 Å². The van der Waals surface area contributed by atoms with E-state index in [-0.39, 0.29) is 28.9 Å². The van der Waals surface area contributed by atoms with Gasteiger partial charge in [0.2, 0.25) is 5.91 Å². The third kappa shape index (κ3) is 3.56. The Morgan fingerprint density at radius 1 is 1.19 bits per heavy atom. The highest BCUT2D eigenvalue weighted by Gasteiger charge is 2.14. The molecule has 6 heteroatoms. The van der Waals surface area contributed by atoms with Crippen LogP contribution in [0.25, 0.3) is 0 Å². The Bertz CT molecular complexity index is 701. The van der Waals surface area contributed by atoms with Crippen molar-refractivity contribution in [2.75, 3.05) is 11.1 Å². The van der Waals surface area contributed by atoms with Crippen molar-refractivity contribution in [1.82, 2.24) is 0 Å². The number of aromatic carboxylic acids is 1. The summed E-state index contributed by atoms with van der Waals surface area (Å²) in [5.41, 5.74) is 6.04. The highest BCUT2D eigenvalue weighted by Crippen LogP contribution is 2.19. The van der Waals surface area contributed by atoms with Crippen LogP contribution in [0.15, 0.2) is 42.5 Å². The Morgan fingerprint density at radius 3 is 2.57 bits per heavy atom. The summed E-state index contributed by atoms with van der Waals surface area (Å²) in [6.07, 6.45) is -0.184. The maximum Gasteiger partial charge on any atom is 0.337 e. The summed E-state index contributed by atoms with van der Waals surface area (Å²) in [4.78, 5) is 23.0. The molecule has 0 aromatic heterocycles. The molecule has 0 fully saturated rings. The number of carbonyl (C=O) groups is 2. The van der Waals surface area contributed by atoms with Gasteiger partial charge in [-0.1, -0.05) is 18.2 Å². The molecule has 0 aliphatic rings. The SMILES string of the molecule is Nc1ccc(NC(=O)Cc2ccccc2F)c(C(=O)O)c1. The molecule has 0 radical (unpaired) electrons. The van der Waals surface area contributed by atoms with E-state index >= 15 is 0 Å². The summed E-state index contributed by atoms with van der Waals surface area (Å²) in [6, 6.07) is 10.0. The number of anilines is 2. The summed E-state index contributed by atoms with van der Waals surface area (Å²) < 4.78 is 13.5. The molecular weight excluding hydrogens is 275 g/mol. The van der Waals surface area contributed by atoms with Crippen LogP contribution >= 0.6 is 0 Å². The second-order valence-corrected chi connectivity index (χ2v) is 4.43. The highest BCUT2D eigenvalue weighted by atomic mass is 19.1. The minimum atomic E-state index is -1.21. The second kappa shape index (κ2) is 6.04. The molecule has 2 aromatic rings. The maximum absolute atomic E-state index is 13.5. The molecule has 0 atom stereocenters. The molecule has 1 amide bonds. The lowest BCUT2D eigenvalue weighted by Gasteiger charge is -2.09. The summed E-state index contributed by atoms with van der Waals surface area (Å²) in [6.45, 7) is 0. The zero-order valence-corrected chi connectivity index (χ0v) is 11.0. The summed E-state index contributed by atoms with van der Waals surface area (Å²) >= 11 is 0. The van der Waals surface area contributed by atoms with E-state index in [1.807, 2.05) is 0 Å². The van der Waals surface area contributed by atoms with Crippen LogP contribution < -0.4 is 11.1 Å². The van der Waals surface area contributed by atoms with Crippen molar-refractivity contribution >= 4 is 23.3 Å². The number of rotatable bonds is 4. The molecule has 108 valence electrons. The third-order valence-corrected chi connectivity index (χ3v) is 2.86. The summed E-state index contributed by atoms with van der Waals surface area (Å²) in [5.74, 6) is -2.20. The van der Waals surface area contributed by atoms with E-state index in [1.165, 1.54) is 36.4 Å². The molecule has 0 bridgehead atoms. The molecule has 4 N–H and O–H groups in total. The first kappa shape index (κ1) is 14.5. The molecule has 0 aliphatic heterocycles. The summed E-state index contributed by atoms with van der Waals surface area (Å²) in [5, 5.41) is 11.5. The molecule has 21 heavy (non-hydrogen) atoms. The van der Waals surface area contributed by atoms with Gasteiger partial charge in [0.15, 0.2) is 0 Å². The number of nitrogens with two attached hydrogens (primary N) is 1. The average molecular weight is 288 g/mol. The van der Waals surface area contributed by atoms with Crippen LogP contribution in [0, 0.1) is 5.82 Å². The quantitative estimate of drug-likeness (QED) is 0.752. The van der Waals surface area contributed by atoms with Crippen LogP contribution in [0.3, 0.4) is 0 Å². The van der Waals surface area contributed by atoms with Crippen LogP contribution in [0.2, 0.25) is 0 Å². The van der Waals surface area contributed by atoms with E-state index in [1.54, 1.807) is 6.07 Å². The number of hydrogen-bond acceptors (Lipinski definition) is 3.